The highest BCUT2D eigenvalue weighted by Crippen LogP contribution is 2.12. The van der Waals surface area contributed by atoms with Crippen LogP contribution >= 0.6 is 0 Å². The molecule has 0 unspecified atom stereocenters. The summed E-state index contributed by atoms with van der Waals surface area (Å²) in [6, 6.07) is 7.40. The smallest absolute Gasteiger partial charge is 0.119 e. The lowest BCUT2D eigenvalue weighted by Gasteiger charge is -2.07. The van der Waals surface area contributed by atoms with Crippen molar-refractivity contribution in [3.63, 3.8) is 0 Å². The molecule has 96 valence electrons. The number of hydrogen-bond donors (Lipinski definition) is 1. The first-order valence-corrected chi connectivity index (χ1v) is 5.88. The molecular weight excluding hydrogens is 218 g/mol. The molecule has 0 atom stereocenters. The fourth-order valence-electron chi connectivity index (χ4n) is 1.32. The molecule has 0 bridgehead atoms. The number of nitrogens with two attached hydrogens (primary N) is 1. The van der Waals surface area contributed by atoms with Crippen molar-refractivity contribution in [3.8, 4) is 5.75 Å². The number of rotatable bonds is 9. The van der Waals surface area contributed by atoms with Crippen LogP contribution in [-0.4, -0.2) is 33.5 Å². The largest absolute Gasteiger partial charge is 0.494 e. The third-order valence-electron chi connectivity index (χ3n) is 2.22. The van der Waals surface area contributed by atoms with Crippen molar-refractivity contribution in [2.45, 2.75) is 12.8 Å². The average molecular weight is 239 g/mol. The van der Waals surface area contributed by atoms with E-state index in [9.17, 15) is 0 Å². The maximum Gasteiger partial charge on any atom is 0.119 e. The molecular formula is C13H21NO3. The minimum absolute atomic E-state index is 0.661. The Hall–Kier alpha value is -1.26. The van der Waals surface area contributed by atoms with Gasteiger partial charge in [0.05, 0.1) is 6.61 Å². The van der Waals surface area contributed by atoms with Crippen molar-refractivity contribution < 1.29 is 14.2 Å². The fourth-order valence-corrected chi connectivity index (χ4v) is 1.32. The van der Waals surface area contributed by atoms with Crippen LogP contribution in [0.25, 0.3) is 0 Å². The van der Waals surface area contributed by atoms with Crippen LogP contribution in [0.1, 0.15) is 12.8 Å². The molecule has 1 aromatic rings. The standard InChI is InChI=1S/C13H21NO3/c1-15-8-2-9-16-10-3-11-17-13-6-4-12(14)5-7-13/h4-7H,2-3,8-11,14H2,1H3. The first-order chi connectivity index (χ1) is 8.33. The lowest BCUT2D eigenvalue weighted by molar-refractivity contribution is 0.0940. The van der Waals surface area contributed by atoms with Crippen molar-refractivity contribution in [2.75, 3.05) is 39.3 Å². The third-order valence-corrected chi connectivity index (χ3v) is 2.22. The second-order valence-corrected chi connectivity index (χ2v) is 3.73. The number of ether oxygens (including phenoxy) is 3. The van der Waals surface area contributed by atoms with Gasteiger partial charge in [-0.3, -0.25) is 0 Å². The van der Waals surface area contributed by atoms with Gasteiger partial charge in [0.1, 0.15) is 5.75 Å². The number of anilines is 1. The van der Waals surface area contributed by atoms with Crippen molar-refractivity contribution in [2.24, 2.45) is 0 Å². The van der Waals surface area contributed by atoms with Crippen molar-refractivity contribution in [3.05, 3.63) is 24.3 Å². The Balaban J connectivity index is 1.95. The summed E-state index contributed by atoms with van der Waals surface area (Å²) in [4.78, 5) is 0. The fraction of sp³-hybridized carbons (Fsp3) is 0.538. The molecule has 0 heterocycles. The summed E-state index contributed by atoms with van der Waals surface area (Å²) in [5.74, 6) is 0.846. The highest BCUT2D eigenvalue weighted by atomic mass is 16.5. The summed E-state index contributed by atoms with van der Waals surface area (Å²) in [5, 5.41) is 0. The maximum atomic E-state index is 5.58. The summed E-state index contributed by atoms with van der Waals surface area (Å²) >= 11 is 0. The Morgan fingerprint density at radius 2 is 1.59 bits per heavy atom. The van der Waals surface area contributed by atoms with Gasteiger partial charge in [-0.25, -0.2) is 0 Å². The molecule has 2 N–H and O–H groups in total. The normalized spacial score (nSPS) is 10.4. The molecule has 0 aliphatic rings. The topological polar surface area (TPSA) is 53.7 Å². The zero-order valence-corrected chi connectivity index (χ0v) is 10.4. The lowest BCUT2D eigenvalue weighted by atomic mass is 10.3. The van der Waals surface area contributed by atoms with Crippen LogP contribution in [0.5, 0.6) is 5.75 Å². The first-order valence-electron chi connectivity index (χ1n) is 5.88. The Bertz CT molecular complexity index is 287. The molecule has 0 radical (unpaired) electrons. The van der Waals surface area contributed by atoms with Gasteiger partial charge in [-0.05, 0) is 30.7 Å². The summed E-state index contributed by atoms with van der Waals surface area (Å²) in [6.07, 6.45) is 1.83. The number of benzene rings is 1. The molecule has 4 heteroatoms. The second kappa shape index (κ2) is 8.84. The summed E-state index contributed by atoms with van der Waals surface area (Å²) in [7, 11) is 1.69. The minimum atomic E-state index is 0.661. The predicted molar refractivity (Wildman–Crippen MR) is 68.3 cm³/mol. The molecule has 0 spiro atoms. The quantitative estimate of drug-likeness (QED) is 0.529. The van der Waals surface area contributed by atoms with Crippen LogP contribution in [0.3, 0.4) is 0 Å². The van der Waals surface area contributed by atoms with Crippen LogP contribution in [0, 0.1) is 0 Å². The van der Waals surface area contributed by atoms with Gasteiger partial charge in [0.15, 0.2) is 0 Å². The molecule has 17 heavy (non-hydrogen) atoms. The van der Waals surface area contributed by atoms with Gasteiger partial charge in [-0.1, -0.05) is 0 Å². The van der Waals surface area contributed by atoms with E-state index in [0.29, 0.717) is 6.61 Å². The van der Waals surface area contributed by atoms with Crippen molar-refractivity contribution in [1.29, 1.82) is 0 Å². The van der Waals surface area contributed by atoms with Crippen LogP contribution < -0.4 is 10.5 Å². The highest BCUT2D eigenvalue weighted by Gasteiger charge is 1.94. The minimum Gasteiger partial charge on any atom is -0.494 e. The lowest BCUT2D eigenvalue weighted by Crippen LogP contribution is -2.05. The number of hydrogen-bond acceptors (Lipinski definition) is 4. The molecule has 0 saturated heterocycles. The number of methoxy groups -OCH3 is 1. The third kappa shape index (κ3) is 6.81. The van der Waals surface area contributed by atoms with E-state index in [-0.39, 0.29) is 0 Å². The molecule has 0 aromatic heterocycles. The van der Waals surface area contributed by atoms with Crippen LogP contribution in [0.4, 0.5) is 5.69 Å². The van der Waals surface area contributed by atoms with Gasteiger partial charge < -0.3 is 19.9 Å². The predicted octanol–water partition coefficient (Wildman–Crippen LogP) is 2.09. The van der Waals surface area contributed by atoms with Gasteiger partial charge >= 0.3 is 0 Å². The SMILES string of the molecule is COCCCOCCCOc1ccc(N)cc1. The maximum absolute atomic E-state index is 5.58. The molecule has 0 aliphatic heterocycles. The molecule has 0 aliphatic carbocycles. The Labute approximate surface area is 103 Å². The van der Waals surface area contributed by atoms with E-state index in [2.05, 4.69) is 0 Å². The Morgan fingerprint density at radius 1 is 0.941 bits per heavy atom. The van der Waals surface area contributed by atoms with Gasteiger partial charge in [-0.2, -0.15) is 0 Å². The van der Waals surface area contributed by atoms with Gasteiger partial charge in [0.2, 0.25) is 0 Å². The van der Waals surface area contributed by atoms with Crippen molar-refractivity contribution >= 4 is 5.69 Å². The van der Waals surface area contributed by atoms with E-state index < -0.39 is 0 Å². The molecule has 1 aromatic carbocycles. The summed E-state index contributed by atoms with van der Waals surface area (Å²) in [5.41, 5.74) is 6.32. The molecule has 1 rings (SSSR count). The highest BCUT2D eigenvalue weighted by molar-refractivity contribution is 5.41. The molecule has 0 saturated carbocycles. The van der Waals surface area contributed by atoms with E-state index in [4.69, 9.17) is 19.9 Å². The monoisotopic (exact) mass is 239 g/mol. The van der Waals surface area contributed by atoms with Gasteiger partial charge in [-0.15, -0.1) is 0 Å². The van der Waals surface area contributed by atoms with Crippen LogP contribution in [0.2, 0.25) is 0 Å². The Morgan fingerprint density at radius 3 is 2.24 bits per heavy atom. The molecule has 0 fully saturated rings. The van der Waals surface area contributed by atoms with E-state index in [1.807, 2.05) is 24.3 Å². The summed E-state index contributed by atoms with van der Waals surface area (Å²) < 4.78 is 15.9. The summed E-state index contributed by atoms with van der Waals surface area (Å²) in [6.45, 7) is 2.88. The van der Waals surface area contributed by atoms with Gasteiger partial charge in [0.25, 0.3) is 0 Å². The molecule has 4 nitrogen and oxygen atoms in total. The molecule has 0 amide bonds. The second-order valence-electron chi connectivity index (χ2n) is 3.73. The van der Waals surface area contributed by atoms with Gasteiger partial charge in [0, 0.05) is 39.0 Å². The Kier molecular flexibility index (Phi) is 7.18. The van der Waals surface area contributed by atoms with E-state index >= 15 is 0 Å². The zero-order chi connectivity index (χ0) is 12.3. The van der Waals surface area contributed by atoms with Crippen LogP contribution in [-0.2, 0) is 9.47 Å². The first kappa shape index (κ1) is 13.8. The zero-order valence-electron chi connectivity index (χ0n) is 10.4. The van der Waals surface area contributed by atoms with E-state index in [1.165, 1.54) is 0 Å². The number of nitrogen functional groups attached to an aromatic ring is 1. The van der Waals surface area contributed by atoms with Crippen molar-refractivity contribution in [1.82, 2.24) is 0 Å². The average Bonchev–Trinajstić information content (AvgIpc) is 2.35. The van der Waals surface area contributed by atoms with E-state index in [0.717, 1.165) is 44.1 Å². The van der Waals surface area contributed by atoms with E-state index in [1.54, 1.807) is 7.11 Å². The van der Waals surface area contributed by atoms with Crippen LogP contribution in [0.15, 0.2) is 24.3 Å².